The Bertz CT molecular complexity index is 790. The van der Waals surface area contributed by atoms with Gasteiger partial charge >= 0.3 is 5.97 Å². The van der Waals surface area contributed by atoms with E-state index >= 15 is 0 Å². The van der Waals surface area contributed by atoms with Crippen molar-refractivity contribution in [3.05, 3.63) is 12.2 Å². The normalized spacial score (nSPS) is 33.9. The van der Waals surface area contributed by atoms with Crippen LogP contribution in [0.25, 0.3) is 0 Å². The van der Waals surface area contributed by atoms with E-state index in [1.165, 1.54) is 18.9 Å². The number of rotatable bonds is 7. The van der Waals surface area contributed by atoms with E-state index in [2.05, 4.69) is 13.8 Å². The Labute approximate surface area is 195 Å². The zero-order valence-corrected chi connectivity index (χ0v) is 21.2. The number of allylic oxidation sites excluding steroid dienone is 1. The van der Waals surface area contributed by atoms with Crippen LogP contribution in [0.5, 0.6) is 0 Å². The van der Waals surface area contributed by atoms with Crippen LogP contribution < -0.4 is 0 Å². The molecular weight excluding hydrogens is 422 g/mol. The van der Waals surface area contributed by atoms with Crippen molar-refractivity contribution in [3.63, 3.8) is 0 Å². The maximum Gasteiger partial charge on any atom is 0.330 e. The quantitative estimate of drug-likeness (QED) is 0.363. The van der Waals surface area contributed by atoms with Gasteiger partial charge in [-0.15, -0.1) is 0 Å². The van der Waals surface area contributed by atoms with Crippen molar-refractivity contribution in [1.82, 2.24) is 4.31 Å². The van der Waals surface area contributed by atoms with Gasteiger partial charge in [-0.3, -0.25) is 0 Å². The molecule has 4 saturated carbocycles. The second kappa shape index (κ2) is 9.40. The Hall–Kier alpha value is -0.880. The maximum absolute atomic E-state index is 14.3. The fourth-order valence-corrected chi connectivity index (χ4v) is 10.5. The Morgan fingerprint density at radius 1 is 0.969 bits per heavy atom. The molecular formula is C26H43NO4S. The van der Waals surface area contributed by atoms with Crippen LogP contribution in [0.4, 0.5) is 0 Å². The van der Waals surface area contributed by atoms with Gasteiger partial charge < -0.3 is 4.74 Å². The minimum Gasteiger partial charge on any atom is -0.459 e. The summed E-state index contributed by atoms with van der Waals surface area (Å²) in [7, 11) is -3.48. The Kier molecular flexibility index (Phi) is 7.13. The van der Waals surface area contributed by atoms with Crippen LogP contribution in [0.1, 0.15) is 104 Å². The van der Waals surface area contributed by atoms with Crippen LogP contribution in [0.2, 0.25) is 0 Å². The summed E-state index contributed by atoms with van der Waals surface area (Å²) in [5.74, 6) is 0.206. The van der Waals surface area contributed by atoms with Crippen LogP contribution in [-0.2, 0) is 19.6 Å². The van der Waals surface area contributed by atoms with Gasteiger partial charge in [0.25, 0.3) is 0 Å². The third-order valence-corrected chi connectivity index (χ3v) is 11.7. The monoisotopic (exact) mass is 465 g/mol. The van der Waals surface area contributed by atoms with Gasteiger partial charge in [-0.05, 0) is 63.2 Å². The minimum atomic E-state index is -3.48. The predicted molar refractivity (Wildman–Crippen MR) is 128 cm³/mol. The Morgan fingerprint density at radius 3 is 2.03 bits per heavy atom. The molecule has 0 aromatic carbocycles. The fraction of sp³-hybridized carbons (Fsp3) is 0.885. The molecule has 0 saturated heterocycles. The molecule has 0 spiro atoms. The van der Waals surface area contributed by atoms with E-state index in [0.717, 1.165) is 70.6 Å². The molecule has 0 amide bonds. The summed E-state index contributed by atoms with van der Waals surface area (Å²) in [5.41, 5.74) is -0.638. The first-order valence-corrected chi connectivity index (χ1v) is 14.7. The SMILES string of the molecule is C/C=C/C(=O)O[C@@H]1C[C@H]2CC[C@]1(CS(=O)(=O)N(C1CCCCC1)C1CCCCC1)C2(C)C. The predicted octanol–water partition coefficient (Wildman–Crippen LogP) is 5.60. The molecule has 6 heteroatoms. The summed E-state index contributed by atoms with van der Waals surface area (Å²) in [6.45, 7) is 6.24. The molecule has 0 radical (unpaired) electrons. The standard InChI is InChI=1S/C26H43NO4S/c1-4-11-24(28)31-23-18-20-16-17-26(23,25(20,2)3)19-32(29,30)27(21-12-7-5-8-13-21)22-14-9-6-10-15-22/h4,11,20-23H,5-10,12-19H2,1-3H3/b11-4+/t20-,23-,26-/m1/s1. The zero-order valence-electron chi connectivity index (χ0n) is 20.4. The largest absolute Gasteiger partial charge is 0.459 e. The number of ether oxygens (including phenoxy) is 1. The number of fused-ring (bicyclic) bond motifs is 2. The molecule has 4 aliphatic rings. The van der Waals surface area contributed by atoms with Gasteiger partial charge in [0.05, 0.1) is 5.75 Å². The number of carbonyl (C=O) groups excluding carboxylic acids is 1. The number of carbonyl (C=O) groups is 1. The second-order valence-corrected chi connectivity index (χ2v) is 13.3. The molecule has 0 aliphatic heterocycles. The number of esters is 1. The van der Waals surface area contributed by atoms with Crippen molar-refractivity contribution in [2.24, 2.45) is 16.7 Å². The van der Waals surface area contributed by atoms with E-state index in [0.29, 0.717) is 5.92 Å². The number of sulfonamides is 1. The minimum absolute atomic E-state index is 0.129. The highest BCUT2D eigenvalue weighted by Gasteiger charge is 2.67. The maximum atomic E-state index is 14.3. The van der Waals surface area contributed by atoms with Crippen LogP contribution >= 0.6 is 0 Å². The van der Waals surface area contributed by atoms with Crippen molar-refractivity contribution in [2.45, 2.75) is 122 Å². The molecule has 0 aromatic rings. The van der Waals surface area contributed by atoms with Gasteiger partial charge in [-0.2, -0.15) is 4.31 Å². The smallest absolute Gasteiger partial charge is 0.330 e. The van der Waals surface area contributed by atoms with E-state index < -0.39 is 15.4 Å². The molecule has 4 rings (SSSR count). The molecule has 2 bridgehead atoms. The fourth-order valence-electron chi connectivity index (χ4n) is 7.64. The van der Waals surface area contributed by atoms with Crippen LogP contribution in [0, 0.1) is 16.7 Å². The van der Waals surface area contributed by atoms with Crippen molar-refractivity contribution in [1.29, 1.82) is 0 Å². The lowest BCUT2D eigenvalue weighted by Crippen LogP contribution is -2.54. The highest BCUT2D eigenvalue weighted by molar-refractivity contribution is 7.89. The average molecular weight is 466 g/mol. The summed E-state index contributed by atoms with van der Waals surface area (Å²) < 4.78 is 36.5. The number of hydrogen-bond acceptors (Lipinski definition) is 4. The van der Waals surface area contributed by atoms with Crippen LogP contribution in [-0.4, -0.2) is 42.6 Å². The van der Waals surface area contributed by atoms with Gasteiger partial charge in [-0.25, -0.2) is 13.2 Å². The van der Waals surface area contributed by atoms with Gasteiger partial charge in [-0.1, -0.05) is 58.4 Å². The lowest BCUT2D eigenvalue weighted by Gasteiger charge is -2.46. The first-order valence-electron chi connectivity index (χ1n) is 13.1. The molecule has 4 fully saturated rings. The summed E-state index contributed by atoms with van der Waals surface area (Å²) in [6, 6.07) is 0.304. The molecule has 3 atom stereocenters. The summed E-state index contributed by atoms with van der Waals surface area (Å²) in [6.07, 6.45) is 16.4. The van der Waals surface area contributed by atoms with E-state index in [9.17, 15) is 13.2 Å². The average Bonchev–Trinajstić information content (AvgIpc) is 3.10. The van der Waals surface area contributed by atoms with Gasteiger partial charge in [0.2, 0.25) is 10.0 Å². The number of hydrogen-bond donors (Lipinski definition) is 0. The van der Waals surface area contributed by atoms with E-state index in [1.807, 2.05) is 4.31 Å². The van der Waals surface area contributed by atoms with Crippen molar-refractivity contribution in [3.8, 4) is 0 Å². The molecule has 0 aromatic heterocycles. The molecule has 0 N–H and O–H groups in total. The first-order chi connectivity index (χ1) is 15.2. The van der Waals surface area contributed by atoms with Crippen LogP contribution in [0.15, 0.2) is 12.2 Å². The Balaban J connectivity index is 1.65. The van der Waals surface area contributed by atoms with Crippen molar-refractivity contribution >= 4 is 16.0 Å². The topological polar surface area (TPSA) is 63.7 Å². The molecule has 0 heterocycles. The molecule has 182 valence electrons. The lowest BCUT2D eigenvalue weighted by molar-refractivity contribution is -0.150. The first kappa shape index (κ1) is 24.3. The van der Waals surface area contributed by atoms with E-state index in [-0.39, 0.29) is 35.3 Å². The highest BCUT2D eigenvalue weighted by Crippen LogP contribution is 2.67. The van der Waals surface area contributed by atoms with Crippen LogP contribution in [0.3, 0.4) is 0 Å². The van der Waals surface area contributed by atoms with Crippen molar-refractivity contribution in [2.75, 3.05) is 5.75 Å². The summed E-state index contributed by atoms with van der Waals surface area (Å²) in [4.78, 5) is 12.4. The molecule has 4 aliphatic carbocycles. The highest BCUT2D eigenvalue weighted by atomic mass is 32.2. The van der Waals surface area contributed by atoms with Gasteiger partial charge in [0, 0.05) is 23.6 Å². The zero-order chi connectivity index (χ0) is 23.0. The van der Waals surface area contributed by atoms with Gasteiger partial charge in [0.1, 0.15) is 6.10 Å². The third-order valence-electron chi connectivity index (χ3n) is 9.55. The number of nitrogens with zero attached hydrogens (tertiary/aromatic N) is 1. The molecule has 0 unspecified atom stereocenters. The third kappa shape index (κ3) is 4.31. The second-order valence-electron chi connectivity index (χ2n) is 11.4. The Morgan fingerprint density at radius 2 is 1.53 bits per heavy atom. The summed E-state index contributed by atoms with van der Waals surface area (Å²) >= 11 is 0. The molecule has 32 heavy (non-hydrogen) atoms. The van der Waals surface area contributed by atoms with Crippen molar-refractivity contribution < 1.29 is 17.9 Å². The van der Waals surface area contributed by atoms with E-state index in [1.54, 1.807) is 13.0 Å². The summed E-state index contributed by atoms with van der Waals surface area (Å²) in [5, 5.41) is 0. The van der Waals surface area contributed by atoms with E-state index in [4.69, 9.17) is 4.74 Å². The van der Waals surface area contributed by atoms with Gasteiger partial charge in [0.15, 0.2) is 0 Å². The lowest BCUT2D eigenvalue weighted by atomic mass is 9.69. The molecule has 5 nitrogen and oxygen atoms in total.